The van der Waals surface area contributed by atoms with Gasteiger partial charge in [-0.2, -0.15) is 0 Å². The molecule has 1 aliphatic carbocycles. The van der Waals surface area contributed by atoms with E-state index >= 15 is 0 Å². The molecule has 2 atom stereocenters. The van der Waals surface area contributed by atoms with E-state index in [-0.39, 0.29) is 34.4 Å². The van der Waals surface area contributed by atoms with Crippen LogP contribution in [0.3, 0.4) is 0 Å². The maximum absolute atomic E-state index is 13.2. The van der Waals surface area contributed by atoms with Crippen LogP contribution in [0.2, 0.25) is 0 Å². The number of aromatic amines is 2. The minimum absolute atomic E-state index is 0.000166. The summed E-state index contributed by atoms with van der Waals surface area (Å²) < 4.78 is 1.60. The van der Waals surface area contributed by atoms with Crippen LogP contribution in [-0.4, -0.2) is 36.5 Å². The highest BCUT2D eigenvalue weighted by atomic mass is 16.2. The molecule has 1 aliphatic rings. The molecular weight excluding hydrogens is 452 g/mol. The van der Waals surface area contributed by atoms with Crippen LogP contribution in [0.15, 0.2) is 35.4 Å². The van der Waals surface area contributed by atoms with Crippen molar-refractivity contribution in [3.63, 3.8) is 0 Å². The number of hydrogen-bond donors (Lipinski definition) is 3. The Hall–Kier alpha value is -3.42. The normalized spacial score (nSPS) is 20.2. The third-order valence-electron chi connectivity index (χ3n) is 7.68. The van der Waals surface area contributed by atoms with E-state index in [0.717, 1.165) is 53.5 Å². The minimum atomic E-state index is -0.144. The average molecular weight is 489 g/mol. The third-order valence-corrected chi connectivity index (χ3v) is 7.68. The fraction of sp³-hybridized carbons (Fsp3) is 0.500. The smallest absolute Gasteiger partial charge is 0.327 e. The molecule has 0 aliphatic heterocycles. The first-order valence-electron chi connectivity index (χ1n) is 12.7. The molecule has 36 heavy (non-hydrogen) atoms. The van der Waals surface area contributed by atoms with E-state index in [1.54, 1.807) is 17.9 Å². The highest BCUT2D eigenvalue weighted by Gasteiger charge is 2.39. The van der Waals surface area contributed by atoms with Gasteiger partial charge in [0.1, 0.15) is 0 Å². The number of aryl methyl sites for hydroxylation is 1. The van der Waals surface area contributed by atoms with E-state index in [0.29, 0.717) is 11.2 Å². The van der Waals surface area contributed by atoms with Crippen molar-refractivity contribution in [3.8, 4) is 0 Å². The van der Waals surface area contributed by atoms with Gasteiger partial charge in [-0.25, -0.2) is 14.8 Å². The summed E-state index contributed by atoms with van der Waals surface area (Å²) >= 11 is 0. The van der Waals surface area contributed by atoms with E-state index in [9.17, 15) is 9.59 Å². The van der Waals surface area contributed by atoms with Gasteiger partial charge in [-0.15, -0.1) is 0 Å². The van der Waals surface area contributed by atoms with Crippen molar-refractivity contribution >= 4 is 28.1 Å². The van der Waals surface area contributed by atoms with Crippen molar-refractivity contribution in [1.82, 2.24) is 29.8 Å². The van der Waals surface area contributed by atoms with Crippen LogP contribution in [-0.2, 0) is 13.5 Å². The Morgan fingerprint density at radius 2 is 2.03 bits per heavy atom. The summed E-state index contributed by atoms with van der Waals surface area (Å²) in [6.45, 7) is 11.1. The number of rotatable bonds is 4. The molecule has 0 radical (unpaired) electrons. The molecule has 2 unspecified atom stereocenters. The summed E-state index contributed by atoms with van der Waals surface area (Å²) in [5.41, 5.74) is 5.87. The van der Waals surface area contributed by atoms with Crippen molar-refractivity contribution in [2.24, 2.45) is 17.9 Å². The monoisotopic (exact) mass is 488 g/mol. The number of carbonyl (C=O) groups excluding carboxylic acids is 1. The lowest BCUT2D eigenvalue weighted by Gasteiger charge is -2.42. The van der Waals surface area contributed by atoms with E-state index in [4.69, 9.17) is 4.98 Å². The molecule has 3 aromatic heterocycles. The zero-order valence-corrected chi connectivity index (χ0v) is 22.0. The summed E-state index contributed by atoms with van der Waals surface area (Å²) in [6.07, 6.45) is 5.25. The predicted molar refractivity (Wildman–Crippen MR) is 142 cm³/mol. The van der Waals surface area contributed by atoms with Crippen LogP contribution in [0.1, 0.15) is 81.4 Å². The molecule has 5 rings (SSSR count). The van der Waals surface area contributed by atoms with Gasteiger partial charge in [0, 0.05) is 30.3 Å². The Bertz CT molecular complexity index is 1500. The van der Waals surface area contributed by atoms with Crippen molar-refractivity contribution in [2.75, 3.05) is 0 Å². The van der Waals surface area contributed by atoms with Gasteiger partial charge in [-0.05, 0) is 66.3 Å². The van der Waals surface area contributed by atoms with Crippen LogP contribution >= 0.6 is 0 Å². The largest absolute Gasteiger partial charge is 0.349 e. The first-order chi connectivity index (χ1) is 16.9. The Morgan fingerprint density at radius 3 is 2.78 bits per heavy atom. The molecular formula is C28H36N6O2. The molecule has 1 saturated carbocycles. The van der Waals surface area contributed by atoms with Gasteiger partial charge in [0.25, 0.3) is 5.91 Å². The number of imidazole rings is 2. The van der Waals surface area contributed by atoms with E-state index in [1.807, 2.05) is 18.2 Å². The highest BCUT2D eigenvalue weighted by Crippen LogP contribution is 2.43. The summed E-state index contributed by atoms with van der Waals surface area (Å²) in [5, 5.41) is 3.33. The standard InChI is InChI=1S/C28H36N6O2/c1-27(2,3)14-18-12-20(31-24-23(18)33-26(36)34(24)6)16-9-10-28(4,5)22(13-16)32-25(35)17-7-8-19-21(11-17)30-15-29-19/h7-8,11-12,15-16,22H,9-10,13-14H2,1-6H3,(H,29,30)(H,32,35)(H,33,36). The van der Waals surface area contributed by atoms with Gasteiger partial charge in [0.15, 0.2) is 5.65 Å². The summed E-state index contributed by atoms with van der Waals surface area (Å²) in [6, 6.07) is 7.72. The number of nitrogens with one attached hydrogen (secondary N) is 3. The van der Waals surface area contributed by atoms with Crippen LogP contribution in [0.5, 0.6) is 0 Å². The predicted octanol–water partition coefficient (Wildman–Crippen LogP) is 4.82. The van der Waals surface area contributed by atoms with Crippen molar-refractivity contribution in [2.45, 2.75) is 72.3 Å². The first-order valence-corrected chi connectivity index (χ1v) is 12.7. The number of benzene rings is 1. The first kappa shape index (κ1) is 24.3. The second kappa shape index (κ2) is 8.61. The number of fused-ring (bicyclic) bond motifs is 2. The summed E-state index contributed by atoms with van der Waals surface area (Å²) in [5.74, 6) is 0.127. The molecule has 1 fully saturated rings. The lowest BCUT2D eigenvalue weighted by molar-refractivity contribution is 0.0836. The molecule has 3 heterocycles. The molecule has 190 valence electrons. The lowest BCUT2D eigenvalue weighted by Crippen LogP contribution is -2.48. The molecule has 4 aromatic rings. The van der Waals surface area contributed by atoms with Gasteiger partial charge in [0.05, 0.1) is 22.9 Å². The number of nitrogens with zero attached hydrogens (tertiary/aromatic N) is 3. The maximum atomic E-state index is 13.2. The second-order valence-electron chi connectivity index (χ2n) is 12.3. The molecule has 3 N–H and O–H groups in total. The van der Waals surface area contributed by atoms with Crippen molar-refractivity contribution < 1.29 is 4.79 Å². The number of hydrogen-bond acceptors (Lipinski definition) is 4. The van der Waals surface area contributed by atoms with Crippen LogP contribution in [0, 0.1) is 10.8 Å². The number of H-pyrrole nitrogens is 2. The van der Waals surface area contributed by atoms with Crippen LogP contribution in [0.25, 0.3) is 22.2 Å². The zero-order chi connectivity index (χ0) is 25.8. The fourth-order valence-electron chi connectivity index (χ4n) is 5.47. The van der Waals surface area contributed by atoms with Gasteiger partial charge in [-0.3, -0.25) is 9.36 Å². The van der Waals surface area contributed by atoms with Gasteiger partial charge >= 0.3 is 5.69 Å². The molecule has 0 bridgehead atoms. The lowest BCUT2D eigenvalue weighted by atomic mass is 9.68. The SMILES string of the molecule is Cn1c(=O)[nH]c2c(CC(C)(C)C)cc(C3CCC(C)(C)C(NC(=O)c4ccc5nc[nH]c5c4)C3)nc21. The van der Waals surface area contributed by atoms with Crippen LogP contribution in [0.4, 0.5) is 0 Å². The quantitative estimate of drug-likeness (QED) is 0.383. The Labute approximate surface area is 210 Å². The van der Waals surface area contributed by atoms with E-state index in [2.05, 4.69) is 61.0 Å². The topological polar surface area (TPSA) is 108 Å². The minimum Gasteiger partial charge on any atom is -0.349 e. The Kier molecular flexibility index (Phi) is 5.80. The zero-order valence-electron chi connectivity index (χ0n) is 22.0. The molecule has 1 amide bonds. The van der Waals surface area contributed by atoms with Gasteiger partial charge in [0.2, 0.25) is 0 Å². The Balaban J connectivity index is 1.45. The molecule has 0 saturated heterocycles. The number of carbonyl (C=O) groups is 1. The van der Waals surface area contributed by atoms with E-state index < -0.39 is 0 Å². The van der Waals surface area contributed by atoms with Gasteiger partial charge < -0.3 is 15.3 Å². The number of pyridine rings is 1. The van der Waals surface area contributed by atoms with E-state index in [1.165, 1.54) is 0 Å². The molecule has 1 aromatic carbocycles. The highest BCUT2D eigenvalue weighted by molar-refractivity contribution is 5.97. The van der Waals surface area contributed by atoms with Crippen LogP contribution < -0.4 is 11.0 Å². The Morgan fingerprint density at radius 1 is 1.25 bits per heavy atom. The molecule has 8 heteroatoms. The second-order valence-corrected chi connectivity index (χ2v) is 12.3. The average Bonchev–Trinajstić information content (AvgIpc) is 3.38. The summed E-state index contributed by atoms with van der Waals surface area (Å²) in [4.78, 5) is 40.9. The molecule has 0 spiro atoms. The fourth-order valence-corrected chi connectivity index (χ4v) is 5.47. The molecule has 8 nitrogen and oxygen atoms in total. The van der Waals surface area contributed by atoms with Gasteiger partial charge in [-0.1, -0.05) is 34.6 Å². The third kappa shape index (κ3) is 4.56. The van der Waals surface area contributed by atoms with Crippen molar-refractivity contribution in [3.05, 3.63) is 57.9 Å². The number of aromatic nitrogens is 5. The van der Waals surface area contributed by atoms with Crippen molar-refractivity contribution in [1.29, 1.82) is 0 Å². The number of amides is 1. The summed E-state index contributed by atoms with van der Waals surface area (Å²) in [7, 11) is 1.77. The maximum Gasteiger partial charge on any atom is 0.327 e.